The molecule has 0 aliphatic rings. The molecule has 2 N–H and O–H groups in total. The van der Waals surface area contributed by atoms with E-state index in [1.54, 1.807) is 6.92 Å². The molecule has 0 bridgehead atoms. The van der Waals surface area contributed by atoms with Crippen LogP contribution in [0.5, 0.6) is 5.75 Å². The molecule has 0 heterocycles. The fourth-order valence-corrected chi connectivity index (χ4v) is 1.99. The van der Waals surface area contributed by atoms with Crippen LogP contribution in [0.4, 0.5) is 4.79 Å². The summed E-state index contributed by atoms with van der Waals surface area (Å²) in [7, 11) is 0. The van der Waals surface area contributed by atoms with E-state index in [9.17, 15) is 9.59 Å². The molecule has 0 aliphatic carbocycles. The highest BCUT2D eigenvalue weighted by atomic mass is 16.5. The number of hydrogen-bond acceptors (Lipinski definition) is 4. The summed E-state index contributed by atoms with van der Waals surface area (Å²) in [6.07, 6.45) is -0.586. The first kappa shape index (κ1) is 18.8. The van der Waals surface area contributed by atoms with Gasteiger partial charge in [-0.05, 0) is 37.5 Å². The summed E-state index contributed by atoms with van der Waals surface area (Å²) in [5.41, 5.74) is 1.12. The van der Waals surface area contributed by atoms with Crippen molar-refractivity contribution in [2.45, 2.75) is 33.7 Å². The van der Waals surface area contributed by atoms with E-state index < -0.39 is 12.1 Å². The van der Waals surface area contributed by atoms with Crippen molar-refractivity contribution in [3.8, 4) is 5.75 Å². The fourth-order valence-electron chi connectivity index (χ4n) is 1.99. The van der Waals surface area contributed by atoms with Crippen molar-refractivity contribution in [1.29, 1.82) is 0 Å². The van der Waals surface area contributed by atoms with Crippen LogP contribution in [0.2, 0.25) is 0 Å². The quantitative estimate of drug-likeness (QED) is 0.720. The monoisotopic (exact) mass is 322 g/mol. The van der Waals surface area contributed by atoms with Gasteiger partial charge in [-0.2, -0.15) is 0 Å². The zero-order chi connectivity index (χ0) is 17.2. The van der Waals surface area contributed by atoms with Crippen LogP contribution in [0, 0.1) is 12.8 Å². The van der Waals surface area contributed by atoms with Crippen LogP contribution < -0.4 is 15.4 Å². The van der Waals surface area contributed by atoms with Gasteiger partial charge in [0.05, 0.1) is 13.2 Å². The largest absolute Gasteiger partial charge is 0.492 e. The molecular formula is C17H26N2O4. The van der Waals surface area contributed by atoms with Crippen LogP contribution in [0.25, 0.3) is 0 Å². The first-order chi connectivity index (χ1) is 10.9. The second kappa shape index (κ2) is 9.71. The molecule has 0 spiro atoms. The number of hydrogen-bond donors (Lipinski definition) is 2. The van der Waals surface area contributed by atoms with E-state index in [2.05, 4.69) is 10.6 Å². The Balaban J connectivity index is 2.39. The van der Waals surface area contributed by atoms with Gasteiger partial charge >= 0.3 is 6.09 Å². The van der Waals surface area contributed by atoms with Gasteiger partial charge in [0.2, 0.25) is 5.91 Å². The Morgan fingerprint density at radius 2 is 2.00 bits per heavy atom. The lowest BCUT2D eigenvalue weighted by Crippen LogP contribution is -2.50. The molecule has 0 aromatic heterocycles. The molecule has 0 saturated carbocycles. The van der Waals surface area contributed by atoms with Crippen LogP contribution in [0.15, 0.2) is 24.3 Å². The Labute approximate surface area is 137 Å². The van der Waals surface area contributed by atoms with Gasteiger partial charge in [0, 0.05) is 0 Å². The average molecular weight is 322 g/mol. The van der Waals surface area contributed by atoms with Crippen molar-refractivity contribution >= 4 is 12.0 Å². The van der Waals surface area contributed by atoms with Gasteiger partial charge < -0.3 is 20.1 Å². The molecule has 6 heteroatoms. The molecular weight excluding hydrogens is 296 g/mol. The molecule has 23 heavy (non-hydrogen) atoms. The van der Waals surface area contributed by atoms with Crippen molar-refractivity contribution in [2.24, 2.45) is 5.92 Å². The van der Waals surface area contributed by atoms with E-state index in [4.69, 9.17) is 9.47 Å². The maximum absolute atomic E-state index is 12.2. The summed E-state index contributed by atoms with van der Waals surface area (Å²) in [6, 6.07) is 7.08. The minimum atomic E-state index is -0.631. The molecule has 0 fully saturated rings. The predicted octanol–water partition coefficient (Wildman–Crippen LogP) is 2.26. The highest BCUT2D eigenvalue weighted by Gasteiger charge is 2.24. The van der Waals surface area contributed by atoms with E-state index >= 15 is 0 Å². The number of carbonyl (C=O) groups is 2. The van der Waals surface area contributed by atoms with Crippen molar-refractivity contribution in [3.05, 3.63) is 29.8 Å². The number of benzene rings is 1. The highest BCUT2D eigenvalue weighted by Crippen LogP contribution is 2.11. The van der Waals surface area contributed by atoms with E-state index in [0.717, 1.165) is 11.3 Å². The highest BCUT2D eigenvalue weighted by molar-refractivity contribution is 5.85. The molecule has 2 amide bonds. The molecule has 128 valence electrons. The minimum absolute atomic E-state index is 0.0444. The van der Waals surface area contributed by atoms with E-state index in [0.29, 0.717) is 13.2 Å². The zero-order valence-electron chi connectivity index (χ0n) is 14.2. The summed E-state index contributed by atoms with van der Waals surface area (Å²) >= 11 is 0. The lowest BCUT2D eigenvalue weighted by molar-refractivity contribution is -0.124. The number of ether oxygens (including phenoxy) is 2. The van der Waals surface area contributed by atoms with Crippen LogP contribution in [-0.4, -0.2) is 37.8 Å². The van der Waals surface area contributed by atoms with E-state index in [1.807, 2.05) is 45.0 Å². The van der Waals surface area contributed by atoms with E-state index in [1.165, 1.54) is 0 Å². The van der Waals surface area contributed by atoms with Crippen LogP contribution in [0.1, 0.15) is 26.3 Å². The van der Waals surface area contributed by atoms with Gasteiger partial charge in [0.25, 0.3) is 0 Å². The van der Waals surface area contributed by atoms with Crippen molar-refractivity contribution in [1.82, 2.24) is 10.6 Å². The molecule has 0 radical (unpaired) electrons. The average Bonchev–Trinajstić information content (AvgIpc) is 2.49. The van der Waals surface area contributed by atoms with Crippen molar-refractivity contribution in [3.63, 3.8) is 0 Å². The number of amides is 2. The van der Waals surface area contributed by atoms with Gasteiger partial charge in [-0.15, -0.1) is 0 Å². The first-order valence-corrected chi connectivity index (χ1v) is 7.84. The number of aryl methyl sites for hydroxylation is 1. The molecule has 1 aromatic rings. The third kappa shape index (κ3) is 7.04. The summed E-state index contributed by atoms with van der Waals surface area (Å²) in [6.45, 7) is 8.41. The van der Waals surface area contributed by atoms with Crippen LogP contribution in [0.3, 0.4) is 0 Å². The number of alkyl carbamates (subject to hydrolysis) is 1. The molecule has 6 nitrogen and oxygen atoms in total. The summed E-state index contributed by atoms with van der Waals surface area (Å²) in [4.78, 5) is 23.6. The zero-order valence-corrected chi connectivity index (χ0v) is 14.2. The van der Waals surface area contributed by atoms with E-state index in [-0.39, 0.29) is 18.4 Å². The molecule has 0 aliphatic heterocycles. The first-order valence-electron chi connectivity index (χ1n) is 7.84. The third-order valence-corrected chi connectivity index (χ3v) is 3.16. The number of carbonyl (C=O) groups excluding carboxylic acids is 2. The molecule has 0 saturated heterocycles. The SMILES string of the molecule is CCOC(=O)NC(C(=O)NCCOc1cccc(C)c1)C(C)C. The van der Waals surface area contributed by atoms with Gasteiger partial charge in [0.15, 0.2) is 0 Å². The number of rotatable bonds is 8. The Morgan fingerprint density at radius 3 is 2.61 bits per heavy atom. The topological polar surface area (TPSA) is 76.7 Å². The van der Waals surface area contributed by atoms with Crippen molar-refractivity contribution in [2.75, 3.05) is 19.8 Å². The lowest BCUT2D eigenvalue weighted by atomic mass is 10.0. The second-order valence-corrected chi connectivity index (χ2v) is 5.54. The number of nitrogens with one attached hydrogen (secondary N) is 2. The summed E-state index contributed by atoms with van der Waals surface area (Å²) in [5.74, 6) is 0.474. The van der Waals surface area contributed by atoms with Crippen LogP contribution >= 0.6 is 0 Å². The molecule has 1 rings (SSSR count). The Kier molecular flexibility index (Phi) is 7.94. The maximum Gasteiger partial charge on any atom is 0.407 e. The van der Waals surface area contributed by atoms with Gasteiger partial charge in [-0.25, -0.2) is 4.79 Å². The molecule has 1 atom stereocenters. The summed E-state index contributed by atoms with van der Waals surface area (Å²) < 4.78 is 10.4. The lowest BCUT2D eigenvalue weighted by Gasteiger charge is -2.21. The Morgan fingerprint density at radius 1 is 1.26 bits per heavy atom. The second-order valence-electron chi connectivity index (χ2n) is 5.54. The maximum atomic E-state index is 12.2. The Hall–Kier alpha value is -2.24. The smallest absolute Gasteiger partial charge is 0.407 e. The van der Waals surface area contributed by atoms with Gasteiger partial charge in [0.1, 0.15) is 18.4 Å². The van der Waals surface area contributed by atoms with Crippen LogP contribution in [-0.2, 0) is 9.53 Å². The van der Waals surface area contributed by atoms with Gasteiger partial charge in [-0.3, -0.25) is 4.79 Å². The predicted molar refractivity (Wildman–Crippen MR) is 88.5 cm³/mol. The standard InChI is InChI=1S/C17H26N2O4/c1-5-22-17(21)19-15(12(2)3)16(20)18-9-10-23-14-8-6-7-13(4)11-14/h6-8,11-12,15H,5,9-10H2,1-4H3,(H,18,20)(H,19,21). The third-order valence-electron chi connectivity index (χ3n) is 3.16. The molecule has 1 unspecified atom stereocenters. The minimum Gasteiger partial charge on any atom is -0.492 e. The normalized spacial score (nSPS) is 11.7. The van der Waals surface area contributed by atoms with Gasteiger partial charge in [-0.1, -0.05) is 26.0 Å². The Bertz CT molecular complexity index is 517. The molecule has 1 aromatic carbocycles. The summed E-state index contributed by atoms with van der Waals surface area (Å²) in [5, 5.41) is 5.33. The van der Waals surface area contributed by atoms with Crippen molar-refractivity contribution < 1.29 is 19.1 Å². The fraction of sp³-hybridized carbons (Fsp3) is 0.529.